The highest BCUT2D eigenvalue weighted by Gasteiger charge is 1.97. The van der Waals surface area contributed by atoms with Crippen molar-refractivity contribution >= 4 is 5.91 Å². The number of hydrogen-bond acceptors (Lipinski definition) is 2. The molecule has 0 saturated carbocycles. The highest BCUT2D eigenvalue weighted by Crippen LogP contribution is 1.83. The van der Waals surface area contributed by atoms with Crippen LogP contribution in [0.25, 0.3) is 0 Å². The van der Waals surface area contributed by atoms with Crippen LogP contribution in [0.1, 0.15) is 6.42 Å². The van der Waals surface area contributed by atoms with Gasteiger partial charge in [-0.15, -0.1) is 0 Å². The highest BCUT2D eigenvalue weighted by molar-refractivity contribution is 5.73. The van der Waals surface area contributed by atoms with Gasteiger partial charge in [0.25, 0.3) is 0 Å². The number of imidazole rings is 1. The lowest BCUT2D eigenvalue weighted by atomic mass is 10.4. The summed E-state index contributed by atoms with van der Waals surface area (Å²) in [7, 11) is 0. The number of nitrogens with one attached hydrogen (secondary N) is 1. The van der Waals surface area contributed by atoms with Crippen molar-refractivity contribution in [2.24, 2.45) is 5.73 Å². The van der Waals surface area contributed by atoms with Crippen LogP contribution < -0.4 is 11.4 Å². The van der Waals surface area contributed by atoms with Gasteiger partial charge in [0.15, 0.2) is 0 Å². The van der Waals surface area contributed by atoms with Gasteiger partial charge in [-0.25, -0.2) is 4.79 Å². The van der Waals surface area contributed by atoms with Gasteiger partial charge in [0.1, 0.15) is 0 Å². The third-order valence-electron chi connectivity index (χ3n) is 1.32. The predicted molar refractivity (Wildman–Crippen MR) is 38.9 cm³/mol. The van der Waals surface area contributed by atoms with E-state index in [2.05, 4.69) is 4.98 Å². The van der Waals surface area contributed by atoms with E-state index in [1.807, 2.05) is 0 Å². The number of aromatic nitrogens is 2. The quantitative estimate of drug-likeness (QED) is 0.590. The molecule has 1 amide bonds. The van der Waals surface area contributed by atoms with Crippen molar-refractivity contribution < 1.29 is 4.79 Å². The predicted octanol–water partition coefficient (Wildman–Crippen LogP) is -0.948. The molecule has 60 valence electrons. The molecular weight excluding hydrogens is 146 g/mol. The zero-order valence-electron chi connectivity index (χ0n) is 5.91. The number of H-pyrrole nitrogens is 1. The summed E-state index contributed by atoms with van der Waals surface area (Å²) in [4.78, 5) is 23.5. The molecule has 0 atom stereocenters. The minimum Gasteiger partial charge on any atom is -0.370 e. The van der Waals surface area contributed by atoms with Crippen LogP contribution in [0, 0.1) is 0 Å². The van der Waals surface area contributed by atoms with Crippen molar-refractivity contribution in [3.63, 3.8) is 0 Å². The summed E-state index contributed by atoms with van der Waals surface area (Å²) in [5.41, 5.74) is 4.68. The van der Waals surface area contributed by atoms with Gasteiger partial charge in [0, 0.05) is 25.4 Å². The van der Waals surface area contributed by atoms with Gasteiger partial charge in [0.05, 0.1) is 0 Å². The summed E-state index contributed by atoms with van der Waals surface area (Å²) in [5.74, 6) is -0.405. The molecule has 1 aromatic rings. The van der Waals surface area contributed by atoms with Gasteiger partial charge in [-0.05, 0) is 0 Å². The first-order valence-corrected chi connectivity index (χ1v) is 3.22. The molecule has 0 unspecified atom stereocenters. The van der Waals surface area contributed by atoms with Crippen LogP contribution in [0.5, 0.6) is 0 Å². The van der Waals surface area contributed by atoms with E-state index in [1.165, 1.54) is 10.8 Å². The monoisotopic (exact) mass is 155 g/mol. The third kappa shape index (κ3) is 1.96. The van der Waals surface area contributed by atoms with Crippen LogP contribution in [-0.4, -0.2) is 15.5 Å². The van der Waals surface area contributed by atoms with Crippen molar-refractivity contribution in [3.8, 4) is 0 Å². The van der Waals surface area contributed by atoms with Crippen LogP contribution in [0.4, 0.5) is 0 Å². The van der Waals surface area contributed by atoms with Crippen LogP contribution in [-0.2, 0) is 11.3 Å². The van der Waals surface area contributed by atoms with Gasteiger partial charge in [0.2, 0.25) is 5.91 Å². The molecule has 0 radical (unpaired) electrons. The largest absolute Gasteiger partial charge is 0.370 e. The number of primary amides is 1. The van der Waals surface area contributed by atoms with Gasteiger partial charge in [-0.3, -0.25) is 9.36 Å². The minimum absolute atomic E-state index is 0.192. The smallest absolute Gasteiger partial charge is 0.325 e. The van der Waals surface area contributed by atoms with Crippen molar-refractivity contribution in [2.45, 2.75) is 13.0 Å². The van der Waals surface area contributed by atoms with Gasteiger partial charge in [-0.1, -0.05) is 0 Å². The molecule has 1 aromatic heterocycles. The van der Waals surface area contributed by atoms with E-state index in [0.717, 1.165) is 0 Å². The normalized spacial score (nSPS) is 9.82. The topological polar surface area (TPSA) is 80.9 Å². The first-order chi connectivity index (χ1) is 5.20. The van der Waals surface area contributed by atoms with Crippen LogP contribution in [0.3, 0.4) is 0 Å². The Morgan fingerprint density at radius 3 is 2.91 bits per heavy atom. The second-order valence-corrected chi connectivity index (χ2v) is 2.17. The molecule has 0 bridgehead atoms. The lowest BCUT2D eigenvalue weighted by Crippen LogP contribution is -2.20. The van der Waals surface area contributed by atoms with E-state index in [4.69, 9.17) is 5.73 Å². The molecule has 5 heteroatoms. The Morgan fingerprint density at radius 2 is 2.45 bits per heavy atom. The number of carbonyl (C=O) groups is 1. The Balaban J connectivity index is 2.58. The lowest BCUT2D eigenvalue weighted by molar-refractivity contribution is -0.118. The maximum atomic E-state index is 10.8. The first-order valence-electron chi connectivity index (χ1n) is 3.22. The van der Waals surface area contributed by atoms with Crippen molar-refractivity contribution in [1.29, 1.82) is 0 Å². The summed E-state index contributed by atoms with van der Waals surface area (Å²) < 4.78 is 1.39. The summed E-state index contributed by atoms with van der Waals surface area (Å²) in [6.07, 6.45) is 3.28. The zero-order valence-corrected chi connectivity index (χ0v) is 5.91. The summed E-state index contributed by atoms with van der Waals surface area (Å²) >= 11 is 0. The molecule has 0 fully saturated rings. The molecule has 3 N–H and O–H groups in total. The second-order valence-electron chi connectivity index (χ2n) is 2.17. The summed E-state index contributed by atoms with van der Waals surface area (Å²) in [6.45, 7) is 0.345. The number of hydrogen-bond donors (Lipinski definition) is 2. The van der Waals surface area contributed by atoms with E-state index in [9.17, 15) is 9.59 Å². The molecule has 0 aliphatic heterocycles. The Morgan fingerprint density at radius 1 is 1.73 bits per heavy atom. The molecule has 1 heterocycles. The number of nitrogens with zero attached hydrogens (tertiary/aromatic N) is 1. The van der Waals surface area contributed by atoms with E-state index in [-0.39, 0.29) is 12.1 Å². The van der Waals surface area contributed by atoms with Gasteiger partial charge < -0.3 is 10.7 Å². The first kappa shape index (κ1) is 7.59. The van der Waals surface area contributed by atoms with Crippen molar-refractivity contribution in [1.82, 2.24) is 9.55 Å². The van der Waals surface area contributed by atoms with Crippen LogP contribution >= 0.6 is 0 Å². The molecule has 5 nitrogen and oxygen atoms in total. The van der Waals surface area contributed by atoms with Crippen molar-refractivity contribution in [3.05, 3.63) is 22.9 Å². The molecule has 11 heavy (non-hydrogen) atoms. The maximum Gasteiger partial charge on any atom is 0.325 e. The zero-order chi connectivity index (χ0) is 8.27. The minimum atomic E-state index is -0.405. The van der Waals surface area contributed by atoms with Crippen LogP contribution in [0.15, 0.2) is 17.2 Å². The number of carbonyl (C=O) groups excluding carboxylic acids is 1. The standard InChI is InChI=1S/C6H9N3O2/c7-5(10)1-3-9-4-2-8-6(9)11/h2,4H,1,3H2,(H2,7,10)(H,8,11). The fourth-order valence-corrected chi connectivity index (χ4v) is 0.756. The van der Waals surface area contributed by atoms with E-state index in [0.29, 0.717) is 6.54 Å². The van der Waals surface area contributed by atoms with Crippen molar-refractivity contribution in [2.75, 3.05) is 0 Å². The third-order valence-corrected chi connectivity index (χ3v) is 1.32. The Bertz CT molecular complexity index is 299. The van der Waals surface area contributed by atoms with Crippen LogP contribution in [0.2, 0.25) is 0 Å². The molecule has 0 saturated heterocycles. The van der Waals surface area contributed by atoms with E-state index < -0.39 is 5.91 Å². The fraction of sp³-hybridized carbons (Fsp3) is 0.333. The Hall–Kier alpha value is -1.52. The number of amides is 1. The van der Waals surface area contributed by atoms with E-state index >= 15 is 0 Å². The van der Waals surface area contributed by atoms with Gasteiger partial charge in [-0.2, -0.15) is 0 Å². The average molecular weight is 155 g/mol. The Labute approximate surface area is 62.8 Å². The molecule has 0 aliphatic rings. The average Bonchev–Trinajstić information content (AvgIpc) is 2.31. The SMILES string of the molecule is NC(=O)CCn1cc[nH]c1=O. The number of aromatic amines is 1. The molecule has 1 rings (SSSR count). The Kier molecular flexibility index (Phi) is 2.10. The molecule has 0 aliphatic carbocycles. The molecular formula is C6H9N3O2. The lowest BCUT2D eigenvalue weighted by Gasteiger charge is -1.95. The maximum absolute atomic E-state index is 10.8. The second kappa shape index (κ2) is 3.05. The van der Waals surface area contributed by atoms with Gasteiger partial charge >= 0.3 is 5.69 Å². The molecule has 0 aromatic carbocycles. The number of aryl methyl sites for hydroxylation is 1. The summed E-state index contributed by atoms with van der Waals surface area (Å²) in [5, 5.41) is 0. The molecule has 0 spiro atoms. The number of nitrogens with two attached hydrogens (primary N) is 1. The fourth-order valence-electron chi connectivity index (χ4n) is 0.756. The highest BCUT2D eigenvalue weighted by atomic mass is 16.1. The number of rotatable bonds is 3. The summed E-state index contributed by atoms with van der Waals surface area (Å²) in [6, 6.07) is 0. The van der Waals surface area contributed by atoms with E-state index in [1.54, 1.807) is 6.20 Å².